The van der Waals surface area contributed by atoms with Crippen LogP contribution in [0.3, 0.4) is 0 Å². The Labute approximate surface area is 111 Å². The molecule has 0 aliphatic heterocycles. The van der Waals surface area contributed by atoms with Crippen molar-refractivity contribution >= 4 is 33.2 Å². The molecular formula is C8H6Cl2F3NO3S. The zero-order valence-electron chi connectivity index (χ0n) is 8.46. The van der Waals surface area contributed by atoms with Gasteiger partial charge in [-0.15, -0.1) is 0 Å². The number of halogens is 5. The number of alkyl halides is 3. The third-order valence-corrected chi connectivity index (χ3v) is 3.56. The van der Waals surface area contributed by atoms with Crippen molar-refractivity contribution in [2.75, 3.05) is 6.61 Å². The lowest BCUT2D eigenvalue weighted by Crippen LogP contribution is -2.29. The van der Waals surface area contributed by atoms with E-state index in [-0.39, 0.29) is 14.9 Å². The van der Waals surface area contributed by atoms with Gasteiger partial charge >= 0.3 is 6.18 Å². The van der Waals surface area contributed by atoms with Crippen LogP contribution in [0, 0.1) is 0 Å². The van der Waals surface area contributed by atoms with E-state index < -0.39 is 22.8 Å². The molecule has 0 saturated heterocycles. The van der Waals surface area contributed by atoms with E-state index in [2.05, 4.69) is 4.84 Å². The molecule has 18 heavy (non-hydrogen) atoms. The summed E-state index contributed by atoms with van der Waals surface area (Å²) in [5.41, 5.74) is 0. The average molecular weight is 324 g/mol. The number of hydrogen-bond donors (Lipinski definition) is 1. The maximum Gasteiger partial charge on any atom is 0.413 e. The van der Waals surface area contributed by atoms with Gasteiger partial charge in [-0.25, -0.2) is 8.42 Å². The molecule has 1 N–H and O–H groups in total. The quantitative estimate of drug-likeness (QED) is 0.867. The summed E-state index contributed by atoms with van der Waals surface area (Å²) in [5, 5.41) is 0.0715. The normalized spacial score (nSPS) is 12.7. The van der Waals surface area contributed by atoms with Crippen molar-refractivity contribution in [1.29, 1.82) is 0 Å². The molecule has 0 fully saturated rings. The highest BCUT2D eigenvalue weighted by molar-refractivity contribution is 7.89. The number of rotatable bonds is 4. The molecule has 0 radical (unpaired) electrons. The monoisotopic (exact) mass is 323 g/mol. The molecule has 0 amide bonds. The number of hydrogen-bond acceptors (Lipinski definition) is 3. The maximum absolute atomic E-state index is 11.8. The van der Waals surface area contributed by atoms with Crippen LogP contribution < -0.4 is 4.89 Å². The van der Waals surface area contributed by atoms with Gasteiger partial charge in [0.15, 0.2) is 6.61 Å². The van der Waals surface area contributed by atoms with Crippen molar-refractivity contribution in [3.05, 3.63) is 28.2 Å². The van der Waals surface area contributed by atoms with Crippen molar-refractivity contribution in [2.45, 2.75) is 11.1 Å². The first-order valence-corrected chi connectivity index (χ1v) is 6.51. The van der Waals surface area contributed by atoms with Crippen LogP contribution in [0.2, 0.25) is 10.0 Å². The van der Waals surface area contributed by atoms with Gasteiger partial charge in [0.25, 0.3) is 10.0 Å². The summed E-state index contributed by atoms with van der Waals surface area (Å²) in [6.07, 6.45) is -4.64. The zero-order chi connectivity index (χ0) is 14.0. The second kappa shape index (κ2) is 5.62. The summed E-state index contributed by atoms with van der Waals surface area (Å²) in [4.78, 5) is 4.82. The van der Waals surface area contributed by atoms with E-state index in [1.807, 2.05) is 0 Å². The lowest BCUT2D eigenvalue weighted by Gasteiger charge is -2.09. The van der Waals surface area contributed by atoms with Gasteiger partial charge in [0.05, 0.1) is 14.9 Å². The molecule has 0 aliphatic carbocycles. The minimum atomic E-state index is -4.64. The number of sulfonamides is 1. The maximum atomic E-state index is 11.8. The summed E-state index contributed by atoms with van der Waals surface area (Å²) in [5.74, 6) is 0. The third kappa shape index (κ3) is 4.62. The Morgan fingerprint density at radius 3 is 2.33 bits per heavy atom. The third-order valence-electron chi connectivity index (χ3n) is 1.61. The second-order valence-corrected chi connectivity index (χ2v) is 5.53. The molecule has 1 aromatic rings. The minimum absolute atomic E-state index is 0.0460. The molecule has 0 saturated carbocycles. The predicted molar refractivity (Wildman–Crippen MR) is 58.8 cm³/mol. The van der Waals surface area contributed by atoms with Crippen LogP contribution in [0.4, 0.5) is 13.2 Å². The van der Waals surface area contributed by atoms with Crippen molar-refractivity contribution in [3.8, 4) is 0 Å². The first-order chi connectivity index (χ1) is 8.12. The summed E-state index contributed by atoms with van der Waals surface area (Å²) in [6, 6.07) is 3.26. The smallest absolute Gasteiger partial charge is 0.277 e. The molecule has 0 spiro atoms. The van der Waals surface area contributed by atoms with E-state index >= 15 is 0 Å². The minimum Gasteiger partial charge on any atom is -0.277 e. The van der Waals surface area contributed by atoms with Crippen LogP contribution in [0.1, 0.15) is 0 Å². The van der Waals surface area contributed by atoms with E-state index in [1.165, 1.54) is 11.0 Å². The molecular weight excluding hydrogens is 318 g/mol. The molecule has 4 nitrogen and oxygen atoms in total. The Morgan fingerprint density at radius 2 is 1.83 bits per heavy atom. The van der Waals surface area contributed by atoms with Crippen LogP contribution in [0.5, 0.6) is 0 Å². The lowest BCUT2D eigenvalue weighted by molar-refractivity contribution is -0.181. The highest BCUT2D eigenvalue weighted by atomic mass is 35.5. The molecule has 0 bridgehead atoms. The Kier molecular flexibility index (Phi) is 4.84. The molecule has 102 valence electrons. The Bertz CT molecular complexity index is 533. The molecule has 0 heterocycles. The van der Waals surface area contributed by atoms with E-state index in [0.29, 0.717) is 0 Å². The summed E-state index contributed by atoms with van der Waals surface area (Å²) in [7, 11) is -4.24. The zero-order valence-corrected chi connectivity index (χ0v) is 10.8. The van der Waals surface area contributed by atoms with Crippen LogP contribution in [-0.4, -0.2) is 21.2 Å². The fraction of sp³-hybridized carbons (Fsp3) is 0.250. The summed E-state index contributed by atoms with van der Waals surface area (Å²) < 4.78 is 58.2. The fourth-order valence-electron chi connectivity index (χ4n) is 0.881. The van der Waals surface area contributed by atoms with Crippen LogP contribution in [0.15, 0.2) is 23.1 Å². The molecule has 0 aliphatic rings. The molecule has 0 aromatic heterocycles. The topological polar surface area (TPSA) is 55.4 Å². The second-order valence-electron chi connectivity index (χ2n) is 3.07. The first-order valence-electron chi connectivity index (χ1n) is 4.27. The van der Waals surface area contributed by atoms with Crippen LogP contribution >= 0.6 is 23.2 Å². The Balaban J connectivity index is 2.77. The standard InChI is InChI=1S/C8H6Cl2F3NO3S/c9-6-2-1-5(3-7(6)10)18(15,16)14-17-4-8(11,12)13/h1-3,14H,4H2. The van der Waals surface area contributed by atoms with E-state index in [0.717, 1.165) is 12.1 Å². The van der Waals surface area contributed by atoms with Gasteiger partial charge in [-0.3, -0.25) is 4.84 Å². The molecule has 0 atom stereocenters. The van der Waals surface area contributed by atoms with E-state index in [9.17, 15) is 21.6 Å². The summed E-state index contributed by atoms with van der Waals surface area (Å²) in [6.45, 7) is -1.74. The molecule has 10 heteroatoms. The SMILES string of the molecule is O=S(=O)(NOCC(F)(F)F)c1ccc(Cl)c(Cl)c1. The van der Waals surface area contributed by atoms with Gasteiger partial charge in [0.1, 0.15) is 0 Å². The Hall–Kier alpha value is -0.540. The van der Waals surface area contributed by atoms with Gasteiger partial charge in [-0.05, 0) is 18.2 Å². The first kappa shape index (κ1) is 15.5. The molecule has 0 unspecified atom stereocenters. The fourth-order valence-corrected chi connectivity index (χ4v) is 2.07. The van der Waals surface area contributed by atoms with Crippen LogP contribution in [-0.2, 0) is 14.9 Å². The molecule has 1 aromatic carbocycles. The van der Waals surface area contributed by atoms with E-state index in [1.54, 1.807) is 0 Å². The highest BCUT2D eigenvalue weighted by Gasteiger charge is 2.29. The van der Waals surface area contributed by atoms with Crippen molar-refractivity contribution in [1.82, 2.24) is 4.89 Å². The van der Waals surface area contributed by atoms with Crippen molar-refractivity contribution in [2.24, 2.45) is 0 Å². The summed E-state index contributed by atoms with van der Waals surface area (Å²) >= 11 is 11.1. The van der Waals surface area contributed by atoms with Gasteiger partial charge in [0.2, 0.25) is 0 Å². The van der Waals surface area contributed by atoms with E-state index in [4.69, 9.17) is 23.2 Å². The Morgan fingerprint density at radius 1 is 1.22 bits per heavy atom. The van der Waals surface area contributed by atoms with Crippen molar-refractivity contribution in [3.63, 3.8) is 0 Å². The lowest BCUT2D eigenvalue weighted by atomic mass is 10.4. The average Bonchev–Trinajstić information content (AvgIpc) is 2.19. The van der Waals surface area contributed by atoms with Gasteiger partial charge in [0, 0.05) is 0 Å². The number of nitrogens with one attached hydrogen (secondary N) is 1. The highest BCUT2D eigenvalue weighted by Crippen LogP contribution is 2.24. The van der Waals surface area contributed by atoms with Crippen molar-refractivity contribution < 1.29 is 26.4 Å². The predicted octanol–water partition coefficient (Wildman–Crippen LogP) is 2.77. The van der Waals surface area contributed by atoms with Crippen LogP contribution in [0.25, 0.3) is 0 Å². The number of benzene rings is 1. The van der Waals surface area contributed by atoms with Gasteiger partial charge < -0.3 is 0 Å². The van der Waals surface area contributed by atoms with Gasteiger partial charge in [-0.1, -0.05) is 28.1 Å². The molecule has 1 rings (SSSR count). The van der Waals surface area contributed by atoms with Gasteiger partial charge in [-0.2, -0.15) is 13.2 Å². The largest absolute Gasteiger partial charge is 0.413 e.